The topological polar surface area (TPSA) is 82.4 Å². The average molecular weight is 479 g/mol. The number of anilines is 2. The number of rotatable bonds is 6. The molecule has 0 saturated heterocycles. The van der Waals surface area contributed by atoms with Gasteiger partial charge in [-0.2, -0.15) is 10.2 Å². The predicted molar refractivity (Wildman–Crippen MR) is 140 cm³/mol. The molecule has 2 heterocycles. The molecule has 7 nitrogen and oxygen atoms in total. The lowest BCUT2D eigenvalue weighted by Gasteiger charge is -2.28. The largest absolute Gasteiger partial charge is 0.295 e. The van der Waals surface area contributed by atoms with Crippen LogP contribution in [0.25, 0.3) is 0 Å². The molecule has 2 aliphatic rings. The second kappa shape index (κ2) is 9.34. The van der Waals surface area contributed by atoms with Gasteiger partial charge in [0, 0.05) is 22.9 Å². The van der Waals surface area contributed by atoms with Gasteiger partial charge in [0.2, 0.25) is 0 Å². The van der Waals surface area contributed by atoms with E-state index < -0.39 is 17.8 Å². The minimum absolute atomic E-state index is 0.0482. The van der Waals surface area contributed by atoms with E-state index in [1.165, 1.54) is 16.9 Å². The molecular formula is C29H26N4O3. The van der Waals surface area contributed by atoms with Gasteiger partial charge < -0.3 is 0 Å². The molecule has 0 bridgehead atoms. The highest BCUT2D eigenvalue weighted by atomic mass is 16.2. The third kappa shape index (κ3) is 4.02. The van der Waals surface area contributed by atoms with Crippen LogP contribution in [0, 0.1) is 11.8 Å². The van der Waals surface area contributed by atoms with Gasteiger partial charge in [-0.3, -0.25) is 14.4 Å². The Hall–Kier alpha value is -4.39. The van der Waals surface area contributed by atoms with Crippen LogP contribution < -0.4 is 10.0 Å². The summed E-state index contributed by atoms with van der Waals surface area (Å²) in [6, 6.07) is 25.7. The van der Waals surface area contributed by atoms with Gasteiger partial charge >= 0.3 is 0 Å². The standard InChI is InChI=1S/C29H26N4O3/c1-18-25(28(35)32(30-18)23-10-6-4-7-11-23)27(22-16-14-21(15-17-22)20(3)34)26-19(2)31-33(29(26)36)24-12-8-5-9-13-24/h4-17,25-27H,1-3H3. The van der Waals surface area contributed by atoms with E-state index in [1.54, 1.807) is 12.1 Å². The third-order valence-electron chi connectivity index (χ3n) is 6.79. The zero-order valence-electron chi connectivity index (χ0n) is 20.3. The molecule has 0 radical (unpaired) electrons. The first kappa shape index (κ1) is 23.4. The highest BCUT2D eigenvalue weighted by Gasteiger charge is 2.50. The number of carbonyl (C=O) groups is 3. The molecule has 180 valence electrons. The average Bonchev–Trinajstić information content (AvgIpc) is 3.36. The maximum Gasteiger partial charge on any atom is 0.256 e. The minimum atomic E-state index is -0.664. The molecule has 7 heteroatoms. The molecule has 2 atom stereocenters. The van der Waals surface area contributed by atoms with Gasteiger partial charge in [0.1, 0.15) is 0 Å². The van der Waals surface area contributed by atoms with Crippen molar-refractivity contribution in [1.82, 2.24) is 0 Å². The van der Waals surface area contributed by atoms with Crippen LogP contribution in [0.1, 0.15) is 42.6 Å². The van der Waals surface area contributed by atoms with Gasteiger partial charge in [0.05, 0.1) is 23.2 Å². The van der Waals surface area contributed by atoms with Crippen molar-refractivity contribution < 1.29 is 14.4 Å². The summed E-state index contributed by atoms with van der Waals surface area (Å²) in [5.41, 5.74) is 3.95. The van der Waals surface area contributed by atoms with E-state index in [-0.39, 0.29) is 17.6 Å². The summed E-state index contributed by atoms with van der Waals surface area (Å²) in [6.45, 7) is 5.16. The number of amides is 2. The summed E-state index contributed by atoms with van der Waals surface area (Å²) in [5, 5.41) is 12.0. The lowest BCUT2D eigenvalue weighted by molar-refractivity contribution is -0.122. The van der Waals surface area contributed by atoms with Crippen molar-refractivity contribution >= 4 is 40.4 Å². The number of carbonyl (C=O) groups excluding carboxylic acids is 3. The molecule has 5 rings (SSSR count). The van der Waals surface area contributed by atoms with Crippen LogP contribution in [-0.4, -0.2) is 29.0 Å². The van der Waals surface area contributed by atoms with Gasteiger partial charge in [-0.05, 0) is 50.6 Å². The van der Waals surface area contributed by atoms with Crippen LogP contribution in [0.2, 0.25) is 0 Å². The maximum absolute atomic E-state index is 13.8. The van der Waals surface area contributed by atoms with Gasteiger partial charge in [-0.25, -0.2) is 10.0 Å². The number of hydrogen-bond donors (Lipinski definition) is 0. The van der Waals surface area contributed by atoms with Crippen molar-refractivity contribution in [3.63, 3.8) is 0 Å². The number of benzene rings is 3. The van der Waals surface area contributed by atoms with Crippen LogP contribution in [0.4, 0.5) is 11.4 Å². The Morgan fingerprint density at radius 1 is 0.694 bits per heavy atom. The number of hydrogen-bond acceptors (Lipinski definition) is 5. The van der Waals surface area contributed by atoms with E-state index >= 15 is 0 Å². The second-order valence-electron chi connectivity index (χ2n) is 9.11. The molecule has 0 N–H and O–H groups in total. The molecule has 3 aromatic rings. The molecule has 3 aromatic carbocycles. The molecule has 0 fully saturated rings. The van der Waals surface area contributed by atoms with Crippen molar-refractivity contribution in [3.8, 4) is 0 Å². The van der Waals surface area contributed by atoms with Crippen molar-refractivity contribution in [1.29, 1.82) is 0 Å². The van der Waals surface area contributed by atoms with E-state index in [4.69, 9.17) is 0 Å². The summed E-state index contributed by atoms with van der Waals surface area (Å²) < 4.78 is 0. The van der Waals surface area contributed by atoms with Gasteiger partial charge in [0.25, 0.3) is 11.8 Å². The fourth-order valence-electron chi connectivity index (χ4n) is 5.01. The predicted octanol–water partition coefficient (Wildman–Crippen LogP) is 5.05. The Kier molecular flexibility index (Phi) is 6.06. The van der Waals surface area contributed by atoms with Crippen molar-refractivity contribution in [3.05, 3.63) is 96.1 Å². The van der Waals surface area contributed by atoms with E-state index in [0.717, 1.165) is 5.56 Å². The summed E-state index contributed by atoms with van der Waals surface area (Å²) in [6.07, 6.45) is 0. The number of hydrazone groups is 2. The van der Waals surface area contributed by atoms with Crippen molar-refractivity contribution in [2.24, 2.45) is 22.0 Å². The number of para-hydroxylation sites is 2. The molecule has 36 heavy (non-hydrogen) atoms. The number of nitrogens with zero attached hydrogens (tertiary/aromatic N) is 4. The Morgan fingerprint density at radius 2 is 1.11 bits per heavy atom. The Bertz CT molecular complexity index is 1300. The van der Waals surface area contributed by atoms with Crippen LogP contribution in [0.15, 0.2) is 95.1 Å². The summed E-state index contributed by atoms with van der Waals surface area (Å²) in [4.78, 5) is 39.5. The lowest BCUT2D eigenvalue weighted by Crippen LogP contribution is -2.40. The van der Waals surface area contributed by atoms with E-state index in [0.29, 0.717) is 28.4 Å². The second-order valence-corrected chi connectivity index (χ2v) is 9.11. The van der Waals surface area contributed by atoms with Crippen LogP contribution in [0.3, 0.4) is 0 Å². The SMILES string of the molecule is CC(=O)c1ccc(C(C2C(=O)N(c3ccccc3)N=C2C)C2C(=O)N(c3ccccc3)N=C2C)cc1. The highest BCUT2D eigenvalue weighted by molar-refractivity contribution is 6.19. The fourth-order valence-corrected chi connectivity index (χ4v) is 5.01. The van der Waals surface area contributed by atoms with Crippen molar-refractivity contribution in [2.75, 3.05) is 10.0 Å². The first-order valence-electron chi connectivity index (χ1n) is 11.9. The Balaban J connectivity index is 1.58. The first-order chi connectivity index (χ1) is 17.4. The summed E-state index contributed by atoms with van der Waals surface area (Å²) in [7, 11) is 0. The van der Waals surface area contributed by atoms with Gasteiger partial charge in [-0.1, -0.05) is 60.7 Å². The Labute approximate surface area is 209 Å². The highest BCUT2D eigenvalue weighted by Crippen LogP contribution is 2.42. The number of ketones is 1. The van der Waals surface area contributed by atoms with Crippen LogP contribution >= 0.6 is 0 Å². The lowest BCUT2D eigenvalue weighted by atomic mass is 9.73. The number of Topliss-reactive ketones (excluding diaryl/α,β-unsaturated/α-hetero) is 1. The zero-order chi connectivity index (χ0) is 25.4. The first-order valence-corrected chi connectivity index (χ1v) is 11.9. The van der Waals surface area contributed by atoms with Gasteiger partial charge in [-0.15, -0.1) is 0 Å². The molecule has 2 aliphatic heterocycles. The quantitative estimate of drug-likeness (QED) is 0.465. The fraction of sp³-hybridized carbons (Fsp3) is 0.207. The molecule has 0 spiro atoms. The summed E-state index contributed by atoms with van der Waals surface area (Å²) in [5.74, 6) is -2.31. The van der Waals surface area contributed by atoms with Crippen molar-refractivity contribution in [2.45, 2.75) is 26.7 Å². The monoisotopic (exact) mass is 478 g/mol. The molecule has 0 aliphatic carbocycles. The molecule has 2 unspecified atom stereocenters. The smallest absolute Gasteiger partial charge is 0.256 e. The molecule has 0 saturated carbocycles. The Morgan fingerprint density at radius 3 is 1.50 bits per heavy atom. The van der Waals surface area contributed by atoms with E-state index in [1.807, 2.05) is 86.6 Å². The molecule has 2 amide bonds. The van der Waals surface area contributed by atoms with Crippen LogP contribution in [-0.2, 0) is 9.59 Å². The third-order valence-corrected chi connectivity index (χ3v) is 6.79. The molecular weight excluding hydrogens is 452 g/mol. The van der Waals surface area contributed by atoms with E-state index in [2.05, 4.69) is 10.2 Å². The van der Waals surface area contributed by atoms with E-state index in [9.17, 15) is 14.4 Å². The zero-order valence-corrected chi connectivity index (χ0v) is 20.3. The maximum atomic E-state index is 13.8. The van der Waals surface area contributed by atoms with Gasteiger partial charge in [0.15, 0.2) is 5.78 Å². The normalized spacial score (nSPS) is 20.4. The summed E-state index contributed by atoms with van der Waals surface area (Å²) >= 11 is 0. The minimum Gasteiger partial charge on any atom is -0.295 e. The molecule has 0 aromatic heterocycles. The van der Waals surface area contributed by atoms with Crippen LogP contribution in [0.5, 0.6) is 0 Å².